The maximum Gasteiger partial charge on any atom is 0.271 e. The van der Waals surface area contributed by atoms with Crippen LogP contribution >= 0.6 is 36.4 Å². The summed E-state index contributed by atoms with van der Waals surface area (Å²) >= 11 is 6.00. The summed E-state index contributed by atoms with van der Waals surface area (Å²) in [6.45, 7) is 6.44. The molecule has 178 valence electrons. The molecule has 0 radical (unpaired) electrons. The van der Waals surface area contributed by atoms with Crippen molar-refractivity contribution >= 4 is 36.4 Å². The van der Waals surface area contributed by atoms with Gasteiger partial charge in [0, 0.05) is 48.9 Å². The Labute approximate surface area is 211 Å². The van der Waals surface area contributed by atoms with E-state index >= 15 is 0 Å². The Balaban J connectivity index is 0.00000193. The monoisotopic (exact) mass is 512 g/mol. The minimum Gasteiger partial charge on any atom is -0.304 e. The van der Waals surface area contributed by atoms with Gasteiger partial charge >= 0.3 is 0 Å². The van der Waals surface area contributed by atoms with Crippen LogP contribution in [-0.2, 0) is 13.1 Å². The molecule has 1 saturated heterocycles. The van der Waals surface area contributed by atoms with Crippen LogP contribution in [0.5, 0.6) is 0 Å². The number of hydrogen-bond donors (Lipinski definition) is 0. The molecule has 1 fully saturated rings. The largest absolute Gasteiger partial charge is 0.304 e. The van der Waals surface area contributed by atoms with E-state index in [1.165, 1.54) is 10.7 Å². The number of benzene rings is 2. The predicted molar refractivity (Wildman–Crippen MR) is 136 cm³/mol. The summed E-state index contributed by atoms with van der Waals surface area (Å²) in [4.78, 5) is 17.8. The van der Waals surface area contributed by atoms with Crippen molar-refractivity contribution in [3.63, 3.8) is 0 Å². The SMILES string of the molecule is Cc1cc(-c2cc(CN3CCN(C)CC3)c(=O)n(Cc3ccc(Cl)cc3)n2)ccc1F.Cl.Cl. The smallest absolute Gasteiger partial charge is 0.271 e. The normalized spacial score (nSPS) is 14.4. The minimum absolute atomic E-state index is 0. The van der Waals surface area contributed by atoms with Gasteiger partial charge in [0.15, 0.2) is 0 Å². The van der Waals surface area contributed by atoms with Crippen molar-refractivity contribution in [3.8, 4) is 11.3 Å². The van der Waals surface area contributed by atoms with E-state index < -0.39 is 0 Å². The Hall–Kier alpha value is -1.96. The van der Waals surface area contributed by atoms with Crippen LogP contribution in [0.15, 0.2) is 53.3 Å². The second-order valence-electron chi connectivity index (χ2n) is 8.19. The molecule has 9 heteroatoms. The first-order chi connectivity index (χ1) is 14.9. The fourth-order valence-corrected chi connectivity index (χ4v) is 3.90. The molecule has 2 aromatic carbocycles. The summed E-state index contributed by atoms with van der Waals surface area (Å²) in [5.74, 6) is -0.254. The van der Waals surface area contributed by atoms with Gasteiger partial charge in [0.05, 0.1) is 12.2 Å². The molecule has 0 amide bonds. The number of likely N-dealkylation sites (N-methyl/N-ethyl adjacent to an activating group) is 1. The van der Waals surface area contributed by atoms with Gasteiger partial charge in [-0.05, 0) is 61.5 Å². The highest BCUT2D eigenvalue weighted by Gasteiger charge is 2.18. The first kappa shape index (κ1) is 27.3. The van der Waals surface area contributed by atoms with Gasteiger partial charge in [-0.15, -0.1) is 24.8 Å². The van der Waals surface area contributed by atoms with E-state index in [1.54, 1.807) is 31.2 Å². The number of piperazine rings is 1. The van der Waals surface area contributed by atoms with Crippen LogP contribution in [0.1, 0.15) is 16.7 Å². The van der Waals surface area contributed by atoms with Crippen LogP contribution in [0.4, 0.5) is 4.39 Å². The first-order valence-electron chi connectivity index (χ1n) is 10.4. The van der Waals surface area contributed by atoms with Gasteiger partial charge in [-0.2, -0.15) is 5.10 Å². The fourth-order valence-electron chi connectivity index (χ4n) is 3.77. The van der Waals surface area contributed by atoms with E-state index in [0.717, 1.165) is 37.3 Å². The van der Waals surface area contributed by atoms with Gasteiger partial charge in [-0.1, -0.05) is 23.7 Å². The van der Waals surface area contributed by atoms with Crippen molar-refractivity contribution in [2.45, 2.75) is 20.0 Å². The lowest BCUT2D eigenvalue weighted by Crippen LogP contribution is -2.45. The van der Waals surface area contributed by atoms with Crippen molar-refractivity contribution in [1.29, 1.82) is 0 Å². The van der Waals surface area contributed by atoms with Crippen LogP contribution in [0.2, 0.25) is 5.02 Å². The van der Waals surface area contributed by atoms with Gasteiger partial charge in [0.2, 0.25) is 0 Å². The summed E-state index contributed by atoms with van der Waals surface area (Å²) in [5, 5.41) is 5.27. The second kappa shape index (κ2) is 12.0. The van der Waals surface area contributed by atoms with Gasteiger partial charge < -0.3 is 4.90 Å². The molecule has 0 N–H and O–H groups in total. The Bertz CT molecular complexity index is 1130. The summed E-state index contributed by atoms with van der Waals surface area (Å²) in [7, 11) is 2.11. The highest BCUT2D eigenvalue weighted by molar-refractivity contribution is 6.30. The van der Waals surface area contributed by atoms with Crippen LogP contribution in [-0.4, -0.2) is 52.8 Å². The third-order valence-electron chi connectivity index (χ3n) is 5.74. The zero-order valence-corrected chi connectivity index (χ0v) is 21.0. The average Bonchev–Trinajstić information content (AvgIpc) is 2.76. The average molecular weight is 514 g/mol. The van der Waals surface area contributed by atoms with Crippen LogP contribution in [0.3, 0.4) is 0 Å². The van der Waals surface area contributed by atoms with E-state index in [0.29, 0.717) is 34.9 Å². The molecule has 0 atom stereocenters. The van der Waals surface area contributed by atoms with Gasteiger partial charge in [0.1, 0.15) is 5.82 Å². The van der Waals surface area contributed by atoms with E-state index in [4.69, 9.17) is 11.6 Å². The molecule has 33 heavy (non-hydrogen) atoms. The van der Waals surface area contributed by atoms with Gasteiger partial charge in [-0.3, -0.25) is 9.69 Å². The summed E-state index contributed by atoms with van der Waals surface area (Å²) < 4.78 is 15.3. The van der Waals surface area contributed by atoms with Crippen molar-refractivity contribution in [2.24, 2.45) is 0 Å². The van der Waals surface area contributed by atoms with Gasteiger partial charge in [-0.25, -0.2) is 9.07 Å². The maximum absolute atomic E-state index is 13.8. The van der Waals surface area contributed by atoms with Crippen molar-refractivity contribution in [3.05, 3.63) is 86.4 Å². The minimum atomic E-state index is -0.254. The molecule has 0 spiro atoms. The molecule has 1 aromatic heterocycles. The highest BCUT2D eigenvalue weighted by atomic mass is 35.5. The number of nitrogens with zero attached hydrogens (tertiary/aromatic N) is 4. The molecule has 0 aliphatic carbocycles. The molecule has 1 aliphatic rings. The molecular formula is C24H28Cl3FN4O. The number of aryl methyl sites for hydroxylation is 1. The molecule has 5 nitrogen and oxygen atoms in total. The number of aromatic nitrogens is 2. The number of hydrogen-bond acceptors (Lipinski definition) is 4. The Morgan fingerprint density at radius 2 is 1.64 bits per heavy atom. The zero-order chi connectivity index (χ0) is 22.0. The molecule has 0 bridgehead atoms. The summed E-state index contributed by atoms with van der Waals surface area (Å²) in [6, 6.07) is 14.2. The first-order valence-corrected chi connectivity index (χ1v) is 10.8. The van der Waals surface area contributed by atoms with E-state index in [9.17, 15) is 9.18 Å². The molecule has 0 saturated carbocycles. The lowest BCUT2D eigenvalue weighted by molar-refractivity contribution is 0.147. The van der Waals surface area contributed by atoms with Crippen LogP contribution < -0.4 is 5.56 Å². The molecule has 1 aliphatic heterocycles. The molecule has 0 unspecified atom stereocenters. The van der Waals surface area contributed by atoms with Crippen LogP contribution in [0, 0.1) is 12.7 Å². The Morgan fingerprint density at radius 3 is 2.27 bits per heavy atom. The Morgan fingerprint density at radius 1 is 0.970 bits per heavy atom. The third-order valence-corrected chi connectivity index (χ3v) is 5.99. The van der Waals surface area contributed by atoms with Gasteiger partial charge in [0.25, 0.3) is 5.56 Å². The topological polar surface area (TPSA) is 41.4 Å². The quantitative estimate of drug-likeness (QED) is 0.498. The van der Waals surface area contributed by atoms with E-state index in [1.807, 2.05) is 18.2 Å². The molecular weight excluding hydrogens is 486 g/mol. The highest BCUT2D eigenvalue weighted by Crippen LogP contribution is 2.21. The zero-order valence-electron chi connectivity index (χ0n) is 18.6. The number of rotatable bonds is 5. The third kappa shape index (κ3) is 6.78. The number of halogens is 4. The molecule has 4 rings (SSSR count). The standard InChI is InChI=1S/C24H26ClFN4O.2ClH/c1-17-13-19(5-8-22(17)26)23-14-20(16-29-11-9-28(2)10-12-29)24(31)30(27-23)15-18-3-6-21(25)7-4-18;;/h3-8,13-14H,9-12,15-16H2,1-2H3;2*1H. The summed E-state index contributed by atoms with van der Waals surface area (Å²) in [5.41, 5.74) is 3.55. The fraction of sp³-hybridized carbons (Fsp3) is 0.333. The lowest BCUT2D eigenvalue weighted by atomic mass is 10.1. The lowest BCUT2D eigenvalue weighted by Gasteiger charge is -2.32. The van der Waals surface area contributed by atoms with Crippen molar-refractivity contribution in [1.82, 2.24) is 19.6 Å². The molecule has 2 heterocycles. The van der Waals surface area contributed by atoms with E-state index in [2.05, 4.69) is 21.9 Å². The van der Waals surface area contributed by atoms with Crippen molar-refractivity contribution in [2.75, 3.05) is 33.2 Å². The van der Waals surface area contributed by atoms with E-state index in [-0.39, 0.29) is 36.2 Å². The predicted octanol–water partition coefficient (Wildman–Crippen LogP) is 4.65. The van der Waals surface area contributed by atoms with Crippen LogP contribution in [0.25, 0.3) is 11.3 Å². The summed E-state index contributed by atoms with van der Waals surface area (Å²) in [6.07, 6.45) is 0. The maximum atomic E-state index is 13.8. The molecule has 3 aromatic rings. The Kier molecular flexibility index (Phi) is 9.88. The van der Waals surface area contributed by atoms with Crippen molar-refractivity contribution < 1.29 is 4.39 Å². The second-order valence-corrected chi connectivity index (χ2v) is 8.62.